The molecule has 1 rings (SSSR count). The van der Waals surface area contributed by atoms with Gasteiger partial charge in [-0.05, 0) is 32.3 Å². The third-order valence-corrected chi connectivity index (χ3v) is 4.26. The molecule has 0 aliphatic heterocycles. The molecule has 0 bridgehead atoms. The van der Waals surface area contributed by atoms with Gasteiger partial charge in [0.15, 0.2) is 11.1 Å². The number of nitro groups is 1. The minimum absolute atomic E-state index is 0.0948. The minimum Gasteiger partial charge on any atom is -0.385 e. The van der Waals surface area contributed by atoms with E-state index in [-0.39, 0.29) is 5.70 Å². The Hall–Kier alpha value is -1.13. The van der Waals surface area contributed by atoms with Crippen LogP contribution in [-0.2, 0) is 20.0 Å². The van der Waals surface area contributed by atoms with Crippen molar-refractivity contribution in [1.82, 2.24) is 5.32 Å². The first-order valence-corrected chi connectivity index (χ1v) is 9.31. The Bertz CT molecular complexity index is 520. The van der Waals surface area contributed by atoms with Gasteiger partial charge >= 0.3 is 0 Å². The summed E-state index contributed by atoms with van der Waals surface area (Å²) in [5.41, 5.74) is 1.48. The van der Waals surface area contributed by atoms with Crippen LogP contribution >= 0.6 is 0 Å². The van der Waals surface area contributed by atoms with Crippen molar-refractivity contribution in [3.63, 3.8) is 0 Å². The van der Waals surface area contributed by atoms with Crippen molar-refractivity contribution in [3.05, 3.63) is 33.0 Å². The maximum atomic E-state index is 11.2. The largest absolute Gasteiger partial charge is 0.385 e. The third kappa shape index (κ3) is 7.18. The Morgan fingerprint density at radius 3 is 2.79 bits per heavy atom. The summed E-state index contributed by atoms with van der Waals surface area (Å²) in [5.74, 6) is 0. The smallest absolute Gasteiger partial charge is 0.252 e. The van der Waals surface area contributed by atoms with E-state index in [1.54, 1.807) is 20.1 Å². The third-order valence-electron chi connectivity index (χ3n) is 3.70. The molecule has 0 fully saturated rings. The molecule has 0 amide bonds. The molecule has 3 atom stereocenters. The van der Waals surface area contributed by atoms with Crippen LogP contribution < -0.4 is 5.32 Å². The molecule has 0 heterocycles. The van der Waals surface area contributed by atoms with Gasteiger partial charge in [0.1, 0.15) is 12.3 Å². The van der Waals surface area contributed by atoms with E-state index in [0.29, 0.717) is 38.0 Å². The van der Waals surface area contributed by atoms with Crippen molar-refractivity contribution in [3.8, 4) is 0 Å². The lowest BCUT2D eigenvalue weighted by Gasteiger charge is -2.20. The molecule has 3 unspecified atom stereocenters. The van der Waals surface area contributed by atoms with Gasteiger partial charge in [-0.25, -0.2) is 4.21 Å². The van der Waals surface area contributed by atoms with Gasteiger partial charge in [0.05, 0.1) is 10.5 Å². The van der Waals surface area contributed by atoms with Crippen molar-refractivity contribution in [2.24, 2.45) is 0 Å². The fourth-order valence-electron chi connectivity index (χ4n) is 2.51. The Morgan fingerprint density at radius 1 is 1.50 bits per heavy atom. The average Bonchev–Trinajstić information content (AvgIpc) is 2.52. The van der Waals surface area contributed by atoms with Crippen LogP contribution in [0.5, 0.6) is 0 Å². The van der Waals surface area contributed by atoms with Gasteiger partial charge in [0.2, 0.25) is 0 Å². The molecule has 1 aliphatic rings. The molecule has 0 aromatic heterocycles. The molecule has 138 valence electrons. The van der Waals surface area contributed by atoms with Gasteiger partial charge in [-0.3, -0.25) is 19.6 Å². The van der Waals surface area contributed by atoms with Crippen molar-refractivity contribution in [1.29, 1.82) is 0 Å². The number of rotatable bonds is 11. The SMILES string of the molecule is COCCCC(O)NCC1=CC(C(C)OS(C)=O)=C([N+](=O)[O-])CC1. The van der Waals surface area contributed by atoms with Crippen LogP contribution in [0.25, 0.3) is 0 Å². The lowest BCUT2D eigenvalue weighted by molar-refractivity contribution is -0.429. The molecule has 0 radical (unpaired) electrons. The second-order valence-corrected chi connectivity index (χ2v) is 6.63. The molecule has 24 heavy (non-hydrogen) atoms. The monoisotopic (exact) mass is 362 g/mol. The van der Waals surface area contributed by atoms with Crippen molar-refractivity contribution in [2.45, 2.75) is 44.9 Å². The summed E-state index contributed by atoms with van der Waals surface area (Å²) in [4.78, 5) is 10.8. The molecular weight excluding hydrogens is 336 g/mol. The van der Waals surface area contributed by atoms with Crippen LogP contribution in [0.2, 0.25) is 0 Å². The van der Waals surface area contributed by atoms with Gasteiger partial charge in [0, 0.05) is 32.9 Å². The molecule has 9 heteroatoms. The van der Waals surface area contributed by atoms with Gasteiger partial charge < -0.3 is 9.84 Å². The highest BCUT2D eigenvalue weighted by Crippen LogP contribution is 2.27. The molecule has 8 nitrogen and oxygen atoms in total. The second kappa shape index (κ2) is 10.7. The Kier molecular flexibility index (Phi) is 9.30. The van der Waals surface area contributed by atoms with Crippen molar-refractivity contribution >= 4 is 11.1 Å². The van der Waals surface area contributed by atoms with E-state index in [1.165, 1.54) is 6.26 Å². The highest BCUT2D eigenvalue weighted by Gasteiger charge is 2.27. The number of allylic oxidation sites excluding steroid dienone is 1. The summed E-state index contributed by atoms with van der Waals surface area (Å²) in [6.07, 6.45) is 3.97. The molecule has 0 aromatic carbocycles. The fraction of sp³-hybridized carbons (Fsp3) is 0.733. The van der Waals surface area contributed by atoms with Crippen LogP contribution in [0, 0.1) is 10.1 Å². The molecule has 0 spiro atoms. The topological polar surface area (TPSA) is 111 Å². The highest BCUT2D eigenvalue weighted by atomic mass is 32.2. The number of nitrogens with one attached hydrogen (secondary N) is 1. The number of aliphatic hydroxyl groups excluding tert-OH is 1. The number of nitrogens with zero attached hydrogens (tertiary/aromatic N) is 1. The van der Waals surface area contributed by atoms with E-state index in [1.807, 2.05) is 0 Å². The van der Waals surface area contributed by atoms with E-state index in [4.69, 9.17) is 8.92 Å². The molecule has 2 N–H and O–H groups in total. The summed E-state index contributed by atoms with van der Waals surface area (Å²) in [6, 6.07) is 0. The van der Waals surface area contributed by atoms with Crippen LogP contribution in [0.1, 0.15) is 32.6 Å². The normalized spacial score (nSPS) is 18.9. The first-order chi connectivity index (χ1) is 11.3. The Balaban J connectivity index is 2.72. The molecule has 0 aromatic rings. The number of ether oxygens (including phenoxy) is 1. The van der Waals surface area contributed by atoms with Crippen LogP contribution in [0.15, 0.2) is 22.9 Å². The fourth-order valence-corrected chi connectivity index (χ4v) is 3.02. The van der Waals surface area contributed by atoms with E-state index < -0.39 is 28.3 Å². The number of methoxy groups -OCH3 is 1. The Labute approximate surface area is 144 Å². The summed E-state index contributed by atoms with van der Waals surface area (Å²) in [5, 5.41) is 24.0. The summed E-state index contributed by atoms with van der Waals surface area (Å²) >= 11 is -1.51. The van der Waals surface area contributed by atoms with Crippen molar-refractivity contribution in [2.75, 3.05) is 26.5 Å². The van der Waals surface area contributed by atoms with Gasteiger partial charge in [-0.15, -0.1) is 0 Å². The Morgan fingerprint density at radius 2 is 2.21 bits per heavy atom. The number of aliphatic hydroxyl groups is 1. The van der Waals surface area contributed by atoms with Gasteiger partial charge in [-0.1, -0.05) is 5.57 Å². The maximum absolute atomic E-state index is 11.2. The lowest BCUT2D eigenvalue weighted by atomic mass is 9.94. The number of hydrogen-bond donors (Lipinski definition) is 2. The second-order valence-electron chi connectivity index (χ2n) is 5.63. The summed E-state index contributed by atoms with van der Waals surface area (Å²) in [7, 11) is 1.61. The summed E-state index contributed by atoms with van der Waals surface area (Å²) in [6.45, 7) is 2.67. The van der Waals surface area contributed by atoms with Crippen LogP contribution in [0.4, 0.5) is 0 Å². The molecule has 0 saturated heterocycles. The minimum atomic E-state index is -1.51. The maximum Gasteiger partial charge on any atom is 0.252 e. The van der Waals surface area contributed by atoms with E-state index >= 15 is 0 Å². The van der Waals surface area contributed by atoms with Gasteiger partial charge in [-0.2, -0.15) is 0 Å². The van der Waals surface area contributed by atoms with E-state index in [0.717, 1.165) is 12.0 Å². The van der Waals surface area contributed by atoms with E-state index in [2.05, 4.69) is 5.32 Å². The standard InChI is InChI=1S/C15H26N2O6S/c1-11(23-24(3)21)13-9-12(6-7-14(13)17(19)20)10-16-15(18)5-4-8-22-2/h9,11,15-16,18H,4-8,10H2,1-3H3. The van der Waals surface area contributed by atoms with Crippen molar-refractivity contribution < 1.29 is 23.2 Å². The first-order valence-electron chi connectivity index (χ1n) is 7.83. The molecular formula is C15H26N2O6S. The predicted octanol–water partition coefficient (Wildman–Crippen LogP) is 1.27. The molecule has 1 aliphatic carbocycles. The van der Waals surface area contributed by atoms with Crippen LogP contribution in [-0.4, -0.2) is 53.1 Å². The highest BCUT2D eigenvalue weighted by molar-refractivity contribution is 7.79. The lowest BCUT2D eigenvalue weighted by Crippen LogP contribution is -2.31. The zero-order valence-electron chi connectivity index (χ0n) is 14.3. The quantitative estimate of drug-likeness (QED) is 0.246. The zero-order chi connectivity index (χ0) is 18.1. The van der Waals surface area contributed by atoms with Crippen LogP contribution in [0.3, 0.4) is 0 Å². The summed E-state index contributed by atoms with van der Waals surface area (Å²) < 4.78 is 21.3. The first kappa shape index (κ1) is 20.9. The van der Waals surface area contributed by atoms with E-state index in [9.17, 15) is 19.4 Å². The number of hydrogen-bond acceptors (Lipinski definition) is 7. The van der Waals surface area contributed by atoms with Gasteiger partial charge in [0.25, 0.3) is 5.70 Å². The molecule has 0 saturated carbocycles. The zero-order valence-corrected chi connectivity index (χ0v) is 15.1. The average molecular weight is 362 g/mol. The predicted molar refractivity (Wildman–Crippen MR) is 91.1 cm³/mol.